The number of carboxylic acid groups (broad SMARTS) is 1. The summed E-state index contributed by atoms with van der Waals surface area (Å²) < 4.78 is 23.0. The Labute approximate surface area is 565 Å². The number of hydrogen-bond donors (Lipinski definition) is 1. The maximum atomic E-state index is 13.0. The molecule has 1 N–H and O–H groups in total. The molecule has 2 atom stereocenters. The monoisotopic (exact) mass is 1280 g/mol. The number of likely N-dealkylation sites (N-methyl/N-ethyl adjacent to an activating group) is 1. The van der Waals surface area contributed by atoms with E-state index in [1.54, 1.807) is 0 Å². The van der Waals surface area contributed by atoms with E-state index in [1.165, 1.54) is 302 Å². The van der Waals surface area contributed by atoms with Crippen LogP contribution in [0.15, 0.2) is 60.8 Å². The molecule has 0 aromatic rings. The number of carbonyl (C=O) groups excluding carboxylic acids is 2. The molecular weight excluding hydrogens is 1130 g/mol. The average molecular weight is 1280 g/mol. The third-order valence-corrected chi connectivity index (χ3v) is 17.7. The first-order valence-corrected chi connectivity index (χ1v) is 39.5. The van der Waals surface area contributed by atoms with Gasteiger partial charge in [-0.2, -0.15) is 0 Å². The van der Waals surface area contributed by atoms with Crippen LogP contribution in [0, 0.1) is 0 Å². The van der Waals surface area contributed by atoms with Gasteiger partial charge in [-0.15, -0.1) is 0 Å². The molecule has 0 heterocycles. The number of esters is 2. The minimum absolute atomic E-state index is 0.179. The van der Waals surface area contributed by atoms with Gasteiger partial charge in [-0.25, -0.2) is 4.79 Å². The highest BCUT2D eigenvalue weighted by Crippen LogP contribution is 2.19. The number of unbranched alkanes of at least 4 members (excludes halogenated alkanes) is 49. The molecule has 0 aromatic carbocycles. The lowest BCUT2D eigenvalue weighted by atomic mass is 10.0. The second-order valence-electron chi connectivity index (χ2n) is 28.0. The zero-order chi connectivity index (χ0) is 66.1. The smallest absolute Gasteiger partial charge is 0.361 e. The van der Waals surface area contributed by atoms with Crippen molar-refractivity contribution in [1.29, 1.82) is 0 Å². The maximum Gasteiger partial charge on any atom is 0.361 e. The van der Waals surface area contributed by atoms with Crippen LogP contribution in [0.1, 0.15) is 386 Å². The molecule has 2 unspecified atom stereocenters. The van der Waals surface area contributed by atoms with Gasteiger partial charge in [0.25, 0.3) is 6.29 Å². The first-order valence-electron chi connectivity index (χ1n) is 39.5. The lowest BCUT2D eigenvalue weighted by molar-refractivity contribution is -0.870. The van der Waals surface area contributed by atoms with Gasteiger partial charge < -0.3 is 28.5 Å². The molecule has 0 spiro atoms. The standard InChI is InChI=1S/C82H151NO8/c1-6-8-10-12-14-16-18-20-22-24-26-28-30-32-34-36-37-38-39-40-41-42-43-45-46-48-50-52-54-56-58-60-62-64-66-68-70-72-79(84)89-76-78(77-90-82(81(86)87)88-75-74-83(3,4)5)91-80(85)73-71-69-67-65-63-61-59-57-55-53-51-49-47-44-35-33-31-29-27-25-23-21-19-17-15-13-11-9-7-2/h18-21,24-27,31,33,78,82H,6-17,22-23,28-30,32,34-77H2,1-5H3/p+1/b20-18-,21-19-,26-24-,27-25-,33-31-. The quantitative estimate of drug-likeness (QED) is 0.0211. The number of hydrogen-bond acceptors (Lipinski definition) is 7. The van der Waals surface area contributed by atoms with Gasteiger partial charge in [-0.05, 0) is 83.5 Å². The number of allylic oxidation sites excluding steroid dienone is 10. The van der Waals surface area contributed by atoms with Crippen molar-refractivity contribution in [3.05, 3.63) is 60.8 Å². The van der Waals surface area contributed by atoms with Crippen LogP contribution >= 0.6 is 0 Å². The SMILES string of the molecule is CCCCCCC/C=C\C/C=C\C/C=C\CCCCCCCCCCCCCCCCC(=O)OC(COC(=O)CCCCCCCCCCCCCCCCCCCCCCCCCCC/C=C\C/C=C\CCCCCCC)COC(OCC[N+](C)(C)C)C(=O)O. The summed E-state index contributed by atoms with van der Waals surface area (Å²) in [5.41, 5.74) is 0. The van der Waals surface area contributed by atoms with E-state index in [9.17, 15) is 19.5 Å². The summed E-state index contributed by atoms with van der Waals surface area (Å²) in [4.78, 5) is 37.7. The van der Waals surface area contributed by atoms with Gasteiger partial charge in [-0.1, -0.05) is 351 Å². The minimum atomic E-state index is -1.51. The molecule has 0 amide bonds. The van der Waals surface area contributed by atoms with Gasteiger partial charge in [0.1, 0.15) is 13.2 Å². The van der Waals surface area contributed by atoms with Crippen LogP contribution in [0.2, 0.25) is 0 Å². The van der Waals surface area contributed by atoms with Gasteiger partial charge in [0, 0.05) is 12.8 Å². The highest BCUT2D eigenvalue weighted by atomic mass is 16.7. The number of carbonyl (C=O) groups is 3. The molecule has 532 valence electrons. The third-order valence-electron chi connectivity index (χ3n) is 17.7. The van der Waals surface area contributed by atoms with Gasteiger partial charge in [0.15, 0.2) is 6.10 Å². The minimum Gasteiger partial charge on any atom is -0.477 e. The van der Waals surface area contributed by atoms with Crippen LogP contribution in [-0.2, 0) is 33.3 Å². The summed E-state index contributed by atoms with van der Waals surface area (Å²) in [7, 11) is 5.99. The molecular formula is C82H152NO8+. The van der Waals surface area contributed by atoms with E-state index in [2.05, 4.69) is 74.6 Å². The predicted molar refractivity (Wildman–Crippen MR) is 392 cm³/mol. The molecule has 0 aliphatic heterocycles. The van der Waals surface area contributed by atoms with E-state index in [-0.39, 0.29) is 38.2 Å². The van der Waals surface area contributed by atoms with E-state index in [1.807, 2.05) is 21.1 Å². The number of aliphatic carboxylic acids is 1. The van der Waals surface area contributed by atoms with Crippen LogP contribution in [0.5, 0.6) is 0 Å². The second-order valence-corrected chi connectivity index (χ2v) is 28.0. The molecule has 0 radical (unpaired) electrons. The highest BCUT2D eigenvalue weighted by molar-refractivity contribution is 5.71. The summed E-state index contributed by atoms with van der Waals surface area (Å²) >= 11 is 0. The van der Waals surface area contributed by atoms with Crippen molar-refractivity contribution in [2.45, 2.75) is 399 Å². The molecule has 0 fully saturated rings. The van der Waals surface area contributed by atoms with Crippen molar-refractivity contribution >= 4 is 17.9 Å². The molecule has 0 saturated heterocycles. The van der Waals surface area contributed by atoms with E-state index in [0.29, 0.717) is 17.4 Å². The summed E-state index contributed by atoms with van der Waals surface area (Å²) in [6.07, 6.45) is 93.7. The van der Waals surface area contributed by atoms with Crippen molar-refractivity contribution in [2.24, 2.45) is 0 Å². The molecule has 9 nitrogen and oxygen atoms in total. The van der Waals surface area contributed by atoms with Crippen molar-refractivity contribution in [1.82, 2.24) is 0 Å². The molecule has 0 bridgehead atoms. The Bertz CT molecular complexity index is 1680. The molecule has 0 saturated carbocycles. The summed E-state index contributed by atoms with van der Waals surface area (Å²) in [6, 6.07) is 0. The largest absolute Gasteiger partial charge is 0.477 e. The lowest BCUT2D eigenvalue weighted by Crippen LogP contribution is -2.40. The molecule has 0 aliphatic carbocycles. The molecule has 91 heavy (non-hydrogen) atoms. The van der Waals surface area contributed by atoms with Gasteiger partial charge in [-0.3, -0.25) is 9.59 Å². The Morgan fingerprint density at radius 1 is 0.330 bits per heavy atom. The first kappa shape index (κ1) is 88.0. The van der Waals surface area contributed by atoms with Crippen molar-refractivity contribution < 1.29 is 42.9 Å². The molecule has 0 rings (SSSR count). The maximum absolute atomic E-state index is 13.0. The van der Waals surface area contributed by atoms with E-state index < -0.39 is 18.4 Å². The number of quaternary nitrogens is 1. The Morgan fingerprint density at radius 2 is 0.593 bits per heavy atom. The lowest BCUT2D eigenvalue weighted by Gasteiger charge is -2.25. The Balaban J connectivity index is 3.99. The topological polar surface area (TPSA) is 108 Å². The van der Waals surface area contributed by atoms with Crippen molar-refractivity contribution in [2.75, 3.05) is 47.5 Å². The zero-order valence-electron chi connectivity index (χ0n) is 61.0. The number of ether oxygens (including phenoxy) is 4. The normalized spacial score (nSPS) is 12.9. The first-order chi connectivity index (χ1) is 44.6. The van der Waals surface area contributed by atoms with Gasteiger partial charge in [0.2, 0.25) is 0 Å². The fourth-order valence-electron chi connectivity index (χ4n) is 11.7. The van der Waals surface area contributed by atoms with E-state index in [0.717, 1.165) is 57.8 Å². The number of carboxylic acids is 1. The fraction of sp³-hybridized carbons (Fsp3) is 0.841. The summed E-state index contributed by atoms with van der Waals surface area (Å²) in [5.74, 6) is -1.98. The Morgan fingerprint density at radius 3 is 0.879 bits per heavy atom. The molecule has 0 aromatic heterocycles. The number of nitrogens with zero attached hydrogens (tertiary/aromatic N) is 1. The summed E-state index contributed by atoms with van der Waals surface area (Å²) in [5, 5.41) is 9.77. The van der Waals surface area contributed by atoms with Crippen LogP contribution < -0.4 is 0 Å². The summed E-state index contributed by atoms with van der Waals surface area (Å²) in [6.45, 7) is 4.92. The fourth-order valence-corrected chi connectivity index (χ4v) is 11.7. The van der Waals surface area contributed by atoms with E-state index >= 15 is 0 Å². The van der Waals surface area contributed by atoms with Crippen LogP contribution in [-0.4, -0.2) is 87.4 Å². The van der Waals surface area contributed by atoms with Crippen LogP contribution in [0.4, 0.5) is 0 Å². The third kappa shape index (κ3) is 74.3. The van der Waals surface area contributed by atoms with Crippen molar-refractivity contribution in [3.63, 3.8) is 0 Å². The van der Waals surface area contributed by atoms with E-state index in [4.69, 9.17) is 18.9 Å². The average Bonchev–Trinajstić information content (AvgIpc) is 3.66. The molecule has 9 heteroatoms. The van der Waals surface area contributed by atoms with Gasteiger partial charge in [0.05, 0.1) is 34.4 Å². The Kier molecular flexibility index (Phi) is 70.4. The second kappa shape index (κ2) is 72.8. The highest BCUT2D eigenvalue weighted by Gasteiger charge is 2.25. The number of rotatable bonds is 74. The zero-order valence-corrected chi connectivity index (χ0v) is 61.0. The van der Waals surface area contributed by atoms with Crippen LogP contribution in [0.25, 0.3) is 0 Å². The van der Waals surface area contributed by atoms with Crippen molar-refractivity contribution in [3.8, 4) is 0 Å². The Hall–Kier alpha value is -3.01. The predicted octanol–water partition coefficient (Wildman–Crippen LogP) is 25.0. The van der Waals surface area contributed by atoms with Crippen LogP contribution in [0.3, 0.4) is 0 Å². The van der Waals surface area contributed by atoms with Gasteiger partial charge >= 0.3 is 17.9 Å². The molecule has 0 aliphatic rings.